The number of hydrogen-bond acceptors (Lipinski definition) is 3. The molecule has 0 radical (unpaired) electrons. The zero-order valence-corrected chi connectivity index (χ0v) is 15.6. The Morgan fingerprint density at radius 1 is 1.04 bits per heavy atom. The zero-order valence-electron chi connectivity index (χ0n) is 14.0. The molecule has 0 amide bonds. The predicted molar refractivity (Wildman–Crippen MR) is 105 cm³/mol. The summed E-state index contributed by atoms with van der Waals surface area (Å²) in [7, 11) is 0. The van der Waals surface area contributed by atoms with Crippen LogP contribution in [0.25, 0.3) is 0 Å². The molecule has 0 aliphatic carbocycles. The maximum Gasteiger partial charge on any atom is 0.416 e. The third kappa shape index (κ3) is 7.28. The molecule has 0 heterocycles. The van der Waals surface area contributed by atoms with E-state index < -0.39 is 11.7 Å². The summed E-state index contributed by atoms with van der Waals surface area (Å²) < 4.78 is 37.4. The fourth-order valence-electron chi connectivity index (χ4n) is 1.83. The molecule has 0 unspecified atom stereocenters. The third-order valence-corrected chi connectivity index (χ3v) is 3.45. The zero-order chi connectivity index (χ0) is 19.2. The van der Waals surface area contributed by atoms with Gasteiger partial charge in [0.1, 0.15) is 0 Å². The van der Waals surface area contributed by atoms with Crippen molar-refractivity contribution in [1.82, 2.24) is 5.43 Å². The van der Waals surface area contributed by atoms with Crippen LogP contribution in [-0.2, 0) is 6.18 Å². The number of benzene rings is 2. The smallest absolute Gasteiger partial charge is 0.367 e. The largest absolute Gasteiger partial charge is 0.416 e. The molecule has 27 heavy (non-hydrogen) atoms. The molecule has 5 nitrogen and oxygen atoms in total. The van der Waals surface area contributed by atoms with Gasteiger partial charge in [-0.25, -0.2) is 5.43 Å². The second-order valence-corrected chi connectivity index (χ2v) is 5.60. The van der Waals surface area contributed by atoms with Gasteiger partial charge in [-0.1, -0.05) is 35.9 Å². The monoisotopic (exact) mass is 417 g/mol. The van der Waals surface area contributed by atoms with Crippen LogP contribution in [0.2, 0.25) is 5.02 Å². The Kier molecular flexibility index (Phi) is 8.27. The summed E-state index contributed by atoms with van der Waals surface area (Å²) in [4.78, 5) is 0. The molecular formula is C17H16Cl2F3N5. The standard InChI is InChI=1S/C17H15ClF3N5.ClH/c1-11(13-4-8-15(18)9-5-13)24-26-16(22)25-23-10-12-2-6-14(7-3-12)17(19,20)21;/h2-10H,1H3,(H3,22,25,26);1H. The Bertz CT molecular complexity index is 829. The molecular weight excluding hydrogens is 402 g/mol. The van der Waals surface area contributed by atoms with Crippen LogP contribution >= 0.6 is 24.0 Å². The van der Waals surface area contributed by atoms with Crippen LogP contribution in [0.4, 0.5) is 13.2 Å². The molecule has 10 heteroatoms. The topological polar surface area (TPSA) is 75.1 Å². The van der Waals surface area contributed by atoms with E-state index in [1.165, 1.54) is 18.3 Å². The normalized spacial score (nSPS) is 12.8. The Balaban J connectivity index is 0.00000364. The van der Waals surface area contributed by atoms with E-state index in [-0.39, 0.29) is 18.4 Å². The molecule has 0 fully saturated rings. The molecule has 0 aliphatic heterocycles. The minimum atomic E-state index is -4.37. The molecule has 3 N–H and O–H groups in total. The van der Waals surface area contributed by atoms with Crippen molar-refractivity contribution in [3.05, 3.63) is 70.2 Å². The van der Waals surface area contributed by atoms with Crippen LogP contribution in [0.5, 0.6) is 0 Å². The highest BCUT2D eigenvalue weighted by atomic mass is 35.5. The Morgan fingerprint density at radius 2 is 1.63 bits per heavy atom. The van der Waals surface area contributed by atoms with Gasteiger partial charge in [-0.2, -0.15) is 23.4 Å². The number of nitrogens with zero attached hydrogens (tertiary/aromatic N) is 3. The number of nitrogens with one attached hydrogen (secondary N) is 1. The van der Waals surface area contributed by atoms with Crippen molar-refractivity contribution in [3.63, 3.8) is 0 Å². The maximum atomic E-state index is 12.5. The lowest BCUT2D eigenvalue weighted by atomic mass is 10.1. The van der Waals surface area contributed by atoms with Crippen molar-refractivity contribution in [2.75, 3.05) is 0 Å². The number of nitrogens with two attached hydrogens (primary N) is 1. The summed E-state index contributed by atoms with van der Waals surface area (Å²) in [5, 5.41) is 12.2. The van der Waals surface area contributed by atoms with Crippen LogP contribution < -0.4 is 11.2 Å². The fourth-order valence-corrected chi connectivity index (χ4v) is 1.96. The Labute approximate surface area is 165 Å². The summed E-state index contributed by atoms with van der Waals surface area (Å²) in [6.07, 6.45) is -3.05. The van der Waals surface area contributed by atoms with Crippen LogP contribution in [0.1, 0.15) is 23.6 Å². The molecule has 0 spiro atoms. The average Bonchev–Trinajstić information content (AvgIpc) is 2.60. The molecule has 2 aromatic carbocycles. The fraction of sp³-hybridized carbons (Fsp3) is 0.118. The van der Waals surface area contributed by atoms with Crippen molar-refractivity contribution in [1.29, 1.82) is 0 Å². The first-order chi connectivity index (χ1) is 12.3. The van der Waals surface area contributed by atoms with Crippen LogP contribution in [0.3, 0.4) is 0 Å². The SMILES string of the molecule is CC(=NN=C(N)NN=Cc1ccc(C(F)(F)F)cc1)c1ccc(Cl)cc1.Cl. The molecule has 144 valence electrons. The van der Waals surface area contributed by atoms with Gasteiger partial charge in [0, 0.05) is 5.02 Å². The summed E-state index contributed by atoms with van der Waals surface area (Å²) >= 11 is 5.81. The maximum absolute atomic E-state index is 12.5. The number of hydrogen-bond donors (Lipinski definition) is 2. The van der Waals surface area contributed by atoms with E-state index in [1.54, 1.807) is 31.2 Å². The van der Waals surface area contributed by atoms with Gasteiger partial charge in [0.25, 0.3) is 0 Å². The quantitative estimate of drug-likeness (QED) is 0.438. The summed E-state index contributed by atoms with van der Waals surface area (Å²) in [6, 6.07) is 11.6. The predicted octanol–water partition coefficient (Wildman–Crippen LogP) is 4.44. The van der Waals surface area contributed by atoms with Gasteiger partial charge >= 0.3 is 6.18 Å². The van der Waals surface area contributed by atoms with E-state index in [0.29, 0.717) is 16.3 Å². The van der Waals surface area contributed by atoms with Crippen LogP contribution in [-0.4, -0.2) is 17.9 Å². The van der Waals surface area contributed by atoms with Gasteiger partial charge in [0.05, 0.1) is 17.5 Å². The molecule has 0 saturated carbocycles. The van der Waals surface area contributed by atoms with Gasteiger partial charge in [0.2, 0.25) is 5.96 Å². The lowest BCUT2D eigenvalue weighted by molar-refractivity contribution is -0.137. The highest BCUT2D eigenvalue weighted by molar-refractivity contribution is 6.30. The van der Waals surface area contributed by atoms with E-state index in [2.05, 4.69) is 20.7 Å². The Hall–Kier alpha value is -2.58. The third-order valence-electron chi connectivity index (χ3n) is 3.20. The molecule has 0 aromatic heterocycles. The molecule has 2 aromatic rings. The average molecular weight is 418 g/mol. The molecule has 0 bridgehead atoms. The van der Waals surface area contributed by atoms with Gasteiger partial charge in [0.15, 0.2) is 0 Å². The molecule has 0 atom stereocenters. The van der Waals surface area contributed by atoms with Gasteiger partial charge in [-0.05, 0) is 42.3 Å². The molecule has 0 aliphatic rings. The van der Waals surface area contributed by atoms with E-state index >= 15 is 0 Å². The van der Waals surface area contributed by atoms with E-state index in [0.717, 1.165) is 17.7 Å². The highest BCUT2D eigenvalue weighted by Gasteiger charge is 2.29. The molecule has 0 saturated heterocycles. The van der Waals surface area contributed by atoms with Crippen molar-refractivity contribution in [3.8, 4) is 0 Å². The number of alkyl halides is 3. The number of hydrazone groups is 1. The summed E-state index contributed by atoms with van der Waals surface area (Å²) in [5.41, 5.74) is 9.26. The number of rotatable bonds is 4. The number of halogens is 5. The summed E-state index contributed by atoms with van der Waals surface area (Å²) in [6.45, 7) is 1.76. The molecule has 2 rings (SSSR count). The van der Waals surface area contributed by atoms with E-state index in [9.17, 15) is 13.2 Å². The van der Waals surface area contributed by atoms with Crippen LogP contribution in [0, 0.1) is 0 Å². The minimum absolute atomic E-state index is 0. The lowest BCUT2D eigenvalue weighted by Gasteiger charge is -2.05. The minimum Gasteiger partial charge on any atom is -0.367 e. The van der Waals surface area contributed by atoms with Gasteiger partial charge in [-0.15, -0.1) is 17.5 Å². The van der Waals surface area contributed by atoms with Crippen molar-refractivity contribution < 1.29 is 13.2 Å². The van der Waals surface area contributed by atoms with E-state index in [1.807, 2.05) is 0 Å². The first-order valence-corrected chi connectivity index (χ1v) is 7.73. The highest BCUT2D eigenvalue weighted by Crippen LogP contribution is 2.28. The summed E-state index contributed by atoms with van der Waals surface area (Å²) in [5.74, 6) is -0.0681. The second-order valence-electron chi connectivity index (χ2n) is 5.17. The van der Waals surface area contributed by atoms with Gasteiger partial charge < -0.3 is 5.73 Å². The lowest BCUT2D eigenvalue weighted by Crippen LogP contribution is -2.26. The Morgan fingerprint density at radius 3 is 2.19 bits per heavy atom. The van der Waals surface area contributed by atoms with E-state index in [4.69, 9.17) is 17.3 Å². The van der Waals surface area contributed by atoms with Crippen molar-refractivity contribution in [2.45, 2.75) is 13.1 Å². The number of guanidine groups is 1. The first-order valence-electron chi connectivity index (χ1n) is 7.36. The van der Waals surface area contributed by atoms with Crippen LogP contribution in [0.15, 0.2) is 63.8 Å². The first kappa shape index (κ1) is 22.5. The van der Waals surface area contributed by atoms with Crippen molar-refractivity contribution >= 4 is 41.9 Å². The second kappa shape index (κ2) is 9.94. The van der Waals surface area contributed by atoms with Crippen molar-refractivity contribution in [2.24, 2.45) is 21.0 Å². The van der Waals surface area contributed by atoms with Gasteiger partial charge in [-0.3, -0.25) is 0 Å².